The second-order valence-electron chi connectivity index (χ2n) is 8.16. The summed E-state index contributed by atoms with van der Waals surface area (Å²) in [5, 5.41) is 0. The minimum atomic E-state index is -1.51. The van der Waals surface area contributed by atoms with Crippen LogP contribution in [0, 0.1) is 5.82 Å². The molecular formula is C24H24FNO10S2. The van der Waals surface area contributed by atoms with Crippen LogP contribution in [0.15, 0.2) is 29.2 Å². The van der Waals surface area contributed by atoms with E-state index in [1.54, 1.807) is 6.07 Å². The van der Waals surface area contributed by atoms with Crippen LogP contribution in [0.2, 0.25) is 0 Å². The minimum absolute atomic E-state index is 0.0292. The number of amides is 1. The van der Waals surface area contributed by atoms with Crippen LogP contribution < -0.4 is 0 Å². The van der Waals surface area contributed by atoms with Gasteiger partial charge in [-0.05, 0) is 12.1 Å². The quantitative estimate of drug-likeness (QED) is 0.206. The Morgan fingerprint density at radius 1 is 0.974 bits per heavy atom. The molecule has 14 heteroatoms. The van der Waals surface area contributed by atoms with Gasteiger partial charge >= 0.3 is 23.9 Å². The molecule has 2 heterocycles. The summed E-state index contributed by atoms with van der Waals surface area (Å²) < 4.78 is 41.3. The van der Waals surface area contributed by atoms with Crippen LogP contribution in [0.1, 0.15) is 33.3 Å². The first kappa shape index (κ1) is 29.2. The predicted octanol–water partition coefficient (Wildman–Crippen LogP) is 2.11. The molecule has 1 aromatic carbocycles. The molecule has 0 unspecified atom stereocenters. The standard InChI is InChI=1S/C24H24FNO10S2/c1-11(27)32-10-17-19(33-12(2)28)20(34-13(3)29)21(35-14(4)30)23(36-17)26-22(31)18(38-24(26)37)9-15-7-5-6-8-16(15)25/h5-9,17,19-21,23H,10H2,1-4H3/b18-9+/t17-,19+,20+,21+,23-/m0/s1. The molecule has 2 aliphatic rings. The number of ether oxygens (including phenoxy) is 5. The van der Waals surface area contributed by atoms with Gasteiger partial charge in [0.15, 0.2) is 28.9 Å². The van der Waals surface area contributed by atoms with Crippen molar-refractivity contribution in [1.82, 2.24) is 4.90 Å². The Hall–Kier alpha value is -3.36. The summed E-state index contributed by atoms with van der Waals surface area (Å²) in [6.45, 7) is 3.93. The average Bonchev–Trinajstić information content (AvgIpc) is 3.08. The molecule has 0 aromatic heterocycles. The smallest absolute Gasteiger partial charge is 0.303 e. The fourth-order valence-electron chi connectivity index (χ4n) is 3.85. The number of hydrogen-bond acceptors (Lipinski definition) is 12. The van der Waals surface area contributed by atoms with E-state index in [9.17, 15) is 28.4 Å². The number of carbonyl (C=O) groups is 5. The summed E-state index contributed by atoms with van der Waals surface area (Å²) in [5.74, 6) is -4.39. The maximum Gasteiger partial charge on any atom is 0.303 e. The van der Waals surface area contributed by atoms with Gasteiger partial charge in [0.05, 0.1) is 4.91 Å². The number of carbonyl (C=O) groups excluding carboxylic acids is 5. The number of benzene rings is 1. The normalized spacial score (nSPS) is 26.2. The van der Waals surface area contributed by atoms with Crippen LogP contribution in [-0.2, 0) is 47.7 Å². The first-order valence-corrected chi connectivity index (χ1v) is 12.4. The Kier molecular flexibility index (Phi) is 9.57. The molecule has 0 N–H and O–H groups in total. The van der Waals surface area contributed by atoms with Crippen molar-refractivity contribution in [1.29, 1.82) is 0 Å². The molecule has 3 rings (SSSR count). The van der Waals surface area contributed by atoms with Gasteiger partial charge in [0.2, 0.25) is 0 Å². The van der Waals surface area contributed by atoms with Crippen molar-refractivity contribution in [3.63, 3.8) is 0 Å². The summed E-state index contributed by atoms with van der Waals surface area (Å²) in [4.78, 5) is 61.9. The van der Waals surface area contributed by atoms with Gasteiger partial charge in [-0.25, -0.2) is 4.39 Å². The molecule has 1 aromatic rings. The van der Waals surface area contributed by atoms with Crippen LogP contribution in [-0.4, -0.2) is 76.3 Å². The van der Waals surface area contributed by atoms with Gasteiger partial charge in [0.25, 0.3) is 5.91 Å². The highest BCUT2D eigenvalue weighted by Crippen LogP contribution is 2.39. The highest BCUT2D eigenvalue weighted by atomic mass is 32.2. The highest BCUT2D eigenvalue weighted by molar-refractivity contribution is 8.26. The maximum atomic E-state index is 14.2. The molecule has 11 nitrogen and oxygen atoms in total. The zero-order valence-corrected chi connectivity index (χ0v) is 22.3. The van der Waals surface area contributed by atoms with Crippen LogP contribution in [0.25, 0.3) is 6.08 Å². The summed E-state index contributed by atoms with van der Waals surface area (Å²) in [7, 11) is 0. The van der Waals surface area contributed by atoms with Crippen molar-refractivity contribution >= 4 is 64.2 Å². The fraction of sp³-hybridized carbons (Fsp3) is 0.417. The first-order chi connectivity index (χ1) is 17.9. The number of rotatable bonds is 7. The van der Waals surface area contributed by atoms with Gasteiger partial charge in [-0.1, -0.05) is 42.2 Å². The summed E-state index contributed by atoms with van der Waals surface area (Å²) in [5.41, 5.74) is 0.134. The van der Waals surface area contributed by atoms with Gasteiger partial charge in [-0.15, -0.1) is 0 Å². The fourth-order valence-corrected chi connectivity index (χ4v) is 5.15. The largest absolute Gasteiger partial charge is 0.463 e. The Bertz CT molecular complexity index is 1190. The lowest BCUT2D eigenvalue weighted by Crippen LogP contribution is -2.66. The first-order valence-electron chi connectivity index (χ1n) is 11.2. The van der Waals surface area contributed by atoms with Gasteiger partial charge in [-0.3, -0.25) is 28.9 Å². The molecule has 38 heavy (non-hydrogen) atoms. The zero-order valence-electron chi connectivity index (χ0n) is 20.7. The van der Waals surface area contributed by atoms with Gasteiger partial charge in [0.1, 0.15) is 18.5 Å². The lowest BCUT2D eigenvalue weighted by molar-refractivity contribution is -0.268. The molecule has 204 valence electrons. The predicted molar refractivity (Wildman–Crippen MR) is 133 cm³/mol. The van der Waals surface area contributed by atoms with E-state index in [-0.39, 0.29) is 14.8 Å². The topological polar surface area (TPSA) is 135 Å². The molecule has 2 saturated heterocycles. The molecule has 5 atom stereocenters. The van der Waals surface area contributed by atoms with Gasteiger partial charge in [0, 0.05) is 33.3 Å². The SMILES string of the molecule is CC(=O)OC[C@@H]1O[C@H](N2C(=O)/C(=C\c3ccccc3F)SC2=S)[C@H](OC(C)=O)[C@H](OC(C)=O)[C@@H]1OC(C)=O. The van der Waals surface area contributed by atoms with Crippen molar-refractivity contribution in [3.8, 4) is 0 Å². The Labute approximate surface area is 226 Å². The van der Waals surface area contributed by atoms with Crippen molar-refractivity contribution in [2.75, 3.05) is 6.61 Å². The third-order valence-electron chi connectivity index (χ3n) is 5.24. The van der Waals surface area contributed by atoms with E-state index in [0.717, 1.165) is 44.4 Å². The monoisotopic (exact) mass is 569 g/mol. The van der Waals surface area contributed by atoms with Crippen LogP contribution in [0.3, 0.4) is 0 Å². The van der Waals surface area contributed by atoms with E-state index < -0.39 is 72.9 Å². The lowest BCUT2D eigenvalue weighted by Gasteiger charge is -2.46. The van der Waals surface area contributed by atoms with E-state index in [0.29, 0.717) is 0 Å². The molecule has 2 aliphatic heterocycles. The Morgan fingerprint density at radius 3 is 2.13 bits per heavy atom. The van der Waals surface area contributed by atoms with Crippen LogP contribution in [0.4, 0.5) is 4.39 Å². The summed E-state index contributed by atoms with van der Waals surface area (Å²) >= 11 is 6.25. The second kappa shape index (κ2) is 12.5. The highest BCUT2D eigenvalue weighted by Gasteiger charge is 2.56. The van der Waals surface area contributed by atoms with Crippen molar-refractivity contribution in [2.24, 2.45) is 0 Å². The molecule has 0 radical (unpaired) electrons. The Balaban J connectivity index is 2.06. The van der Waals surface area contributed by atoms with Crippen molar-refractivity contribution in [3.05, 3.63) is 40.6 Å². The Morgan fingerprint density at radius 2 is 1.55 bits per heavy atom. The number of nitrogens with zero attached hydrogens (tertiary/aromatic N) is 1. The van der Waals surface area contributed by atoms with Crippen molar-refractivity contribution in [2.45, 2.75) is 58.3 Å². The van der Waals surface area contributed by atoms with E-state index in [1.165, 1.54) is 24.3 Å². The second-order valence-corrected chi connectivity index (χ2v) is 9.84. The summed E-state index contributed by atoms with van der Waals surface area (Å²) in [6, 6.07) is 5.78. The van der Waals surface area contributed by atoms with Gasteiger partial charge < -0.3 is 23.7 Å². The van der Waals surface area contributed by atoms with E-state index in [4.69, 9.17) is 35.9 Å². The molecule has 0 aliphatic carbocycles. The number of thioether (sulfide) groups is 1. The number of halogens is 1. The third kappa shape index (κ3) is 6.94. The minimum Gasteiger partial charge on any atom is -0.463 e. The summed E-state index contributed by atoms with van der Waals surface area (Å²) in [6.07, 6.45) is -5.81. The van der Waals surface area contributed by atoms with Gasteiger partial charge in [-0.2, -0.15) is 0 Å². The van der Waals surface area contributed by atoms with E-state index >= 15 is 0 Å². The zero-order chi connectivity index (χ0) is 28.1. The molecule has 0 bridgehead atoms. The third-order valence-corrected chi connectivity index (χ3v) is 6.57. The number of thiocarbonyl (C=S) groups is 1. The molecule has 0 saturated carbocycles. The molecule has 0 spiro atoms. The molecule has 2 fully saturated rings. The van der Waals surface area contributed by atoms with Crippen molar-refractivity contribution < 1.29 is 52.0 Å². The molecule has 1 amide bonds. The molecular weight excluding hydrogens is 545 g/mol. The lowest BCUT2D eigenvalue weighted by atomic mass is 9.96. The number of hydrogen-bond donors (Lipinski definition) is 0. The van der Waals surface area contributed by atoms with Crippen LogP contribution in [0.5, 0.6) is 0 Å². The maximum absolute atomic E-state index is 14.2. The van der Waals surface area contributed by atoms with Crippen LogP contribution >= 0.6 is 24.0 Å². The van der Waals surface area contributed by atoms with E-state index in [1.807, 2.05) is 0 Å². The average molecular weight is 570 g/mol. The van der Waals surface area contributed by atoms with E-state index in [2.05, 4.69) is 0 Å². The number of esters is 4.